The summed E-state index contributed by atoms with van der Waals surface area (Å²) in [7, 11) is 6.30. The first-order valence-corrected chi connectivity index (χ1v) is 9.22. The van der Waals surface area contributed by atoms with E-state index in [1.54, 1.807) is 46.6 Å². The molecule has 0 amide bonds. The number of hydrogen-bond donors (Lipinski definition) is 2. The van der Waals surface area contributed by atoms with E-state index in [9.17, 15) is 13.2 Å². The Morgan fingerprint density at radius 3 is 2.13 bits per heavy atom. The van der Waals surface area contributed by atoms with Crippen molar-refractivity contribution in [2.45, 2.75) is 19.1 Å². The molecule has 10 heteroatoms. The molecule has 0 saturated heterocycles. The van der Waals surface area contributed by atoms with Gasteiger partial charge in [-0.25, -0.2) is 0 Å². The molecule has 0 heterocycles. The van der Waals surface area contributed by atoms with Crippen molar-refractivity contribution in [3.63, 3.8) is 0 Å². The fourth-order valence-electron chi connectivity index (χ4n) is 2.89. The van der Waals surface area contributed by atoms with Crippen LogP contribution in [0.5, 0.6) is 17.2 Å². The Hall–Kier alpha value is -2.37. The van der Waals surface area contributed by atoms with Crippen molar-refractivity contribution in [3.8, 4) is 17.2 Å². The van der Waals surface area contributed by atoms with E-state index in [-0.39, 0.29) is 30.5 Å². The van der Waals surface area contributed by atoms with Crippen LogP contribution in [0.4, 0.5) is 13.2 Å². The van der Waals surface area contributed by atoms with Gasteiger partial charge in [0.15, 0.2) is 5.96 Å². The Morgan fingerprint density at radius 1 is 0.968 bits per heavy atom. The normalized spacial score (nSPS) is 11.4. The minimum atomic E-state index is -4.37. The van der Waals surface area contributed by atoms with Crippen molar-refractivity contribution < 1.29 is 27.4 Å². The average molecular weight is 553 g/mol. The highest BCUT2D eigenvalue weighted by molar-refractivity contribution is 14.0. The summed E-state index contributed by atoms with van der Waals surface area (Å²) in [4.78, 5) is 4.11. The molecular weight excluding hydrogens is 526 g/mol. The first-order chi connectivity index (χ1) is 14.3. The molecule has 0 aromatic heterocycles. The molecule has 31 heavy (non-hydrogen) atoms. The van der Waals surface area contributed by atoms with E-state index >= 15 is 0 Å². The second-order valence-corrected chi connectivity index (χ2v) is 6.31. The van der Waals surface area contributed by atoms with Crippen molar-refractivity contribution >= 4 is 29.9 Å². The van der Waals surface area contributed by atoms with Gasteiger partial charge in [0.1, 0.15) is 17.2 Å². The molecule has 172 valence electrons. The summed E-state index contributed by atoms with van der Waals surface area (Å²) >= 11 is 0. The number of ether oxygens (including phenoxy) is 3. The van der Waals surface area contributed by atoms with Gasteiger partial charge >= 0.3 is 6.18 Å². The molecule has 6 nitrogen and oxygen atoms in total. The molecule has 0 bridgehead atoms. The number of guanidine groups is 1. The van der Waals surface area contributed by atoms with Gasteiger partial charge in [-0.05, 0) is 24.1 Å². The number of nitrogens with zero attached hydrogens (tertiary/aromatic N) is 1. The first kappa shape index (κ1) is 26.7. The lowest BCUT2D eigenvalue weighted by atomic mass is 10.1. The van der Waals surface area contributed by atoms with Gasteiger partial charge in [0, 0.05) is 37.8 Å². The highest BCUT2D eigenvalue weighted by Gasteiger charge is 2.30. The number of methoxy groups -OCH3 is 3. The lowest BCUT2D eigenvalue weighted by molar-refractivity contribution is -0.137. The van der Waals surface area contributed by atoms with Gasteiger partial charge in [0.2, 0.25) is 0 Å². The maximum absolute atomic E-state index is 12.8. The van der Waals surface area contributed by atoms with Gasteiger partial charge in [-0.2, -0.15) is 13.2 Å². The van der Waals surface area contributed by atoms with Crippen LogP contribution in [0, 0.1) is 0 Å². The molecule has 0 fully saturated rings. The van der Waals surface area contributed by atoms with Gasteiger partial charge in [-0.1, -0.05) is 12.1 Å². The Labute approximate surface area is 197 Å². The van der Waals surface area contributed by atoms with Crippen molar-refractivity contribution in [2.24, 2.45) is 4.99 Å². The number of hydrogen-bond acceptors (Lipinski definition) is 4. The maximum atomic E-state index is 12.8. The van der Waals surface area contributed by atoms with Gasteiger partial charge in [-0.15, -0.1) is 24.0 Å². The van der Waals surface area contributed by atoms with Crippen molar-refractivity contribution in [2.75, 3.05) is 34.9 Å². The average Bonchev–Trinajstić information content (AvgIpc) is 2.75. The Morgan fingerprint density at radius 2 is 1.61 bits per heavy atom. The van der Waals surface area contributed by atoms with Crippen LogP contribution < -0.4 is 24.8 Å². The summed E-state index contributed by atoms with van der Waals surface area (Å²) in [6, 6.07) is 8.73. The number of benzene rings is 2. The number of alkyl halides is 3. The summed E-state index contributed by atoms with van der Waals surface area (Å²) in [5, 5.41) is 6.15. The molecule has 2 aromatic carbocycles. The number of rotatable bonds is 8. The van der Waals surface area contributed by atoms with Crippen LogP contribution >= 0.6 is 24.0 Å². The zero-order chi connectivity index (χ0) is 22.1. The maximum Gasteiger partial charge on any atom is 0.416 e. The highest BCUT2D eigenvalue weighted by atomic mass is 127. The SMILES string of the molecule is CN=C(NCCc1c(OC)cc(OC)cc1OC)NCc1cccc(C(F)(F)F)c1.I. The smallest absolute Gasteiger partial charge is 0.416 e. The van der Waals surface area contributed by atoms with Crippen LogP contribution in [0.3, 0.4) is 0 Å². The fraction of sp³-hybridized carbons (Fsp3) is 0.381. The van der Waals surface area contributed by atoms with Crippen LogP contribution in [-0.2, 0) is 19.1 Å². The Kier molecular flexibility index (Phi) is 10.7. The van der Waals surface area contributed by atoms with Gasteiger partial charge in [0.05, 0.1) is 26.9 Å². The second kappa shape index (κ2) is 12.5. The van der Waals surface area contributed by atoms with E-state index in [4.69, 9.17) is 14.2 Å². The molecule has 2 rings (SSSR count). The third-order valence-corrected chi connectivity index (χ3v) is 4.42. The Balaban J connectivity index is 0.00000480. The molecule has 0 aliphatic rings. The van der Waals surface area contributed by atoms with E-state index in [1.165, 1.54) is 6.07 Å². The monoisotopic (exact) mass is 553 g/mol. The van der Waals surface area contributed by atoms with Gasteiger partial charge < -0.3 is 24.8 Å². The molecule has 2 aromatic rings. The minimum absolute atomic E-state index is 0. The zero-order valence-electron chi connectivity index (χ0n) is 17.8. The fourth-order valence-corrected chi connectivity index (χ4v) is 2.89. The zero-order valence-corrected chi connectivity index (χ0v) is 20.1. The molecule has 2 N–H and O–H groups in total. The van der Waals surface area contributed by atoms with Gasteiger partial charge in [-0.3, -0.25) is 4.99 Å². The molecule has 0 radical (unpaired) electrons. The number of nitrogens with one attached hydrogen (secondary N) is 2. The molecule has 0 aliphatic carbocycles. The predicted molar refractivity (Wildman–Crippen MR) is 125 cm³/mol. The molecular formula is C21H27F3IN3O3. The van der Waals surface area contributed by atoms with Crippen molar-refractivity contribution in [1.82, 2.24) is 10.6 Å². The summed E-state index contributed by atoms with van der Waals surface area (Å²) in [5.41, 5.74) is 0.691. The summed E-state index contributed by atoms with van der Waals surface area (Å²) in [5.74, 6) is 2.37. The van der Waals surface area contributed by atoms with E-state index in [0.29, 0.717) is 41.7 Å². The van der Waals surface area contributed by atoms with Crippen LogP contribution in [0.25, 0.3) is 0 Å². The summed E-state index contributed by atoms with van der Waals surface area (Å²) < 4.78 is 54.6. The third kappa shape index (κ3) is 7.67. The van der Waals surface area contributed by atoms with E-state index in [0.717, 1.165) is 17.7 Å². The molecule has 0 saturated carbocycles. The highest BCUT2D eigenvalue weighted by Crippen LogP contribution is 2.34. The number of halogens is 4. The lowest BCUT2D eigenvalue weighted by Crippen LogP contribution is -2.38. The molecule has 0 unspecified atom stereocenters. The first-order valence-electron chi connectivity index (χ1n) is 9.22. The quantitative estimate of drug-likeness (QED) is 0.291. The lowest BCUT2D eigenvalue weighted by Gasteiger charge is -2.16. The van der Waals surface area contributed by atoms with Crippen LogP contribution in [0.15, 0.2) is 41.4 Å². The standard InChI is InChI=1S/C21H26F3N3O3.HI/c1-25-20(27-13-14-6-5-7-15(10-14)21(22,23)24)26-9-8-17-18(29-3)11-16(28-2)12-19(17)30-4;/h5-7,10-12H,8-9,13H2,1-4H3,(H2,25,26,27);1H. The Bertz CT molecular complexity index is 851. The van der Waals surface area contributed by atoms with Crippen molar-refractivity contribution in [1.29, 1.82) is 0 Å². The molecule has 0 atom stereocenters. The third-order valence-electron chi connectivity index (χ3n) is 4.42. The predicted octanol–water partition coefficient (Wildman–Crippen LogP) is 4.26. The van der Waals surface area contributed by atoms with Crippen LogP contribution in [0.2, 0.25) is 0 Å². The second-order valence-electron chi connectivity index (χ2n) is 6.31. The summed E-state index contributed by atoms with van der Waals surface area (Å²) in [6.07, 6.45) is -3.80. The topological polar surface area (TPSA) is 64.1 Å². The van der Waals surface area contributed by atoms with Crippen LogP contribution in [0.1, 0.15) is 16.7 Å². The molecule has 0 aliphatic heterocycles. The minimum Gasteiger partial charge on any atom is -0.496 e. The number of aliphatic imine (C=N–C) groups is 1. The molecule has 0 spiro atoms. The van der Waals surface area contributed by atoms with Crippen molar-refractivity contribution in [3.05, 3.63) is 53.1 Å². The van der Waals surface area contributed by atoms with E-state index in [2.05, 4.69) is 15.6 Å². The summed E-state index contributed by atoms with van der Waals surface area (Å²) in [6.45, 7) is 0.708. The van der Waals surface area contributed by atoms with Gasteiger partial charge in [0.25, 0.3) is 0 Å². The van der Waals surface area contributed by atoms with E-state index < -0.39 is 11.7 Å². The van der Waals surface area contributed by atoms with Crippen LogP contribution in [-0.4, -0.2) is 40.9 Å². The largest absolute Gasteiger partial charge is 0.496 e. The van der Waals surface area contributed by atoms with E-state index in [1.807, 2.05) is 0 Å².